The van der Waals surface area contributed by atoms with E-state index in [2.05, 4.69) is 428 Å². The molecule has 0 unspecified atom stereocenters. The Bertz CT molecular complexity index is 5510. The van der Waals surface area contributed by atoms with Gasteiger partial charge < -0.3 is 0 Å². The van der Waals surface area contributed by atoms with Crippen LogP contribution in [0.1, 0.15) is 140 Å². The van der Waals surface area contributed by atoms with Crippen LogP contribution in [0.2, 0.25) is 0 Å². The first kappa shape index (κ1) is 67.1. The largest absolute Gasteiger partial charge is 0.0725 e. The van der Waals surface area contributed by atoms with Gasteiger partial charge in [-0.15, -0.1) is 0 Å². The van der Waals surface area contributed by atoms with Gasteiger partial charge in [-0.1, -0.05) is 438 Å². The van der Waals surface area contributed by atoms with Crippen LogP contribution in [0.15, 0.2) is 400 Å². The highest BCUT2D eigenvalue weighted by Gasteiger charge is 2.52. The second kappa shape index (κ2) is 27.1. The van der Waals surface area contributed by atoms with Crippen LogP contribution in [0.4, 0.5) is 0 Å². The van der Waals surface area contributed by atoms with Gasteiger partial charge in [0.15, 0.2) is 0 Å². The van der Waals surface area contributed by atoms with Crippen molar-refractivity contribution < 1.29 is 0 Å². The molecule has 0 atom stereocenters. The van der Waals surface area contributed by atoms with Crippen molar-refractivity contribution in [1.29, 1.82) is 0 Å². The molecular formula is C109H86. The summed E-state index contributed by atoms with van der Waals surface area (Å²) in [7, 11) is 0. The number of benzene rings is 16. The lowest BCUT2D eigenvalue weighted by Crippen LogP contribution is -2.28. The molecule has 7 aliphatic carbocycles. The van der Waals surface area contributed by atoms with Crippen LogP contribution in [0, 0.1) is 13.8 Å². The highest BCUT2D eigenvalue weighted by molar-refractivity contribution is 5.95. The standard InChI is InChI=1S/C27H22.C25H16.C25H18.C17H16.C15H14/c1-19-11-15-21(16-12-19)27(22-17-13-20(2)14-18-22)25-9-5-3-7-23(25)24-8-4-6-10-26(24)27;1-5-13-21-17(9-1)18-10-2-6-14-22(18)25(21)23-15-7-3-11-19(23)20-12-4-8-16-24(20)25;1-3-11-19(12-4-1)25(20-13-5-2-6-14-20)23-17-9-7-15-21(23)22-16-8-10-18-24(22)25;1-3-9-15-13(7-1)14-8-2-4-10-16(14)17(15)11-5-6-12-17;1-15(2)13-9-5-3-7-11(13)12-8-4-6-10-14(12)15/h3-18H,1-2H3;1-16H;1-18H;1-4,7-10H,5-6,11-12H2;3-10H,1-2H3. The van der Waals surface area contributed by atoms with Crippen molar-refractivity contribution in [3.05, 3.63) is 501 Å². The molecule has 0 nitrogen and oxygen atoms in total. The molecule has 2 spiro atoms. The third kappa shape index (κ3) is 10.3. The van der Waals surface area contributed by atoms with E-state index in [1.54, 1.807) is 11.1 Å². The second-order valence-electron chi connectivity index (χ2n) is 31.2. The van der Waals surface area contributed by atoms with E-state index >= 15 is 0 Å². The quantitative estimate of drug-likeness (QED) is 0.165. The summed E-state index contributed by atoms with van der Waals surface area (Å²) in [4.78, 5) is 0. The van der Waals surface area contributed by atoms with Gasteiger partial charge in [0.05, 0.1) is 16.2 Å². The second-order valence-corrected chi connectivity index (χ2v) is 31.2. The van der Waals surface area contributed by atoms with E-state index in [9.17, 15) is 0 Å². The first-order valence-corrected chi connectivity index (χ1v) is 39.1. The summed E-state index contributed by atoms with van der Waals surface area (Å²) >= 11 is 0. The van der Waals surface area contributed by atoms with E-state index < -0.39 is 0 Å². The molecule has 0 heteroatoms. The fourth-order valence-corrected chi connectivity index (χ4v) is 20.7. The lowest BCUT2D eigenvalue weighted by Gasteiger charge is -2.34. The third-order valence-corrected chi connectivity index (χ3v) is 25.3. The van der Waals surface area contributed by atoms with Gasteiger partial charge in [0.1, 0.15) is 0 Å². The Morgan fingerprint density at radius 2 is 0.339 bits per heavy atom. The maximum absolute atomic E-state index is 2.35. The van der Waals surface area contributed by atoms with Crippen molar-refractivity contribution in [2.75, 3.05) is 0 Å². The van der Waals surface area contributed by atoms with Crippen molar-refractivity contribution in [1.82, 2.24) is 0 Å². The predicted octanol–water partition coefficient (Wildman–Crippen LogP) is 27.3. The fourth-order valence-electron chi connectivity index (χ4n) is 20.7. The maximum atomic E-state index is 2.35. The summed E-state index contributed by atoms with van der Waals surface area (Å²) < 4.78 is 0. The van der Waals surface area contributed by atoms with Crippen LogP contribution >= 0.6 is 0 Å². The molecule has 16 aromatic rings. The summed E-state index contributed by atoms with van der Waals surface area (Å²) in [6.45, 7) is 8.91. The average molecular weight is 1400 g/mol. The van der Waals surface area contributed by atoms with Gasteiger partial charge in [-0.25, -0.2) is 0 Å². The van der Waals surface area contributed by atoms with Gasteiger partial charge in [-0.05, 0) is 182 Å². The van der Waals surface area contributed by atoms with E-state index in [0.29, 0.717) is 5.41 Å². The molecule has 0 heterocycles. The van der Waals surface area contributed by atoms with Crippen LogP contribution in [-0.4, -0.2) is 0 Å². The van der Waals surface area contributed by atoms with Crippen LogP contribution in [0.25, 0.3) is 66.8 Å². The Kier molecular flexibility index (Phi) is 16.7. The van der Waals surface area contributed by atoms with E-state index in [0.717, 1.165) is 0 Å². The molecule has 0 aromatic heterocycles. The Hall–Kier alpha value is -12.5. The molecule has 23 rings (SSSR count). The molecule has 0 saturated heterocycles. The Labute approximate surface area is 643 Å². The summed E-state index contributed by atoms with van der Waals surface area (Å²) in [6.07, 6.45) is 5.42. The molecule has 0 aliphatic heterocycles. The number of hydrogen-bond acceptors (Lipinski definition) is 0. The van der Waals surface area contributed by atoms with Gasteiger partial charge in [0.2, 0.25) is 0 Å². The third-order valence-electron chi connectivity index (χ3n) is 25.3. The van der Waals surface area contributed by atoms with E-state index in [-0.39, 0.29) is 21.7 Å². The molecule has 1 saturated carbocycles. The summed E-state index contributed by atoms with van der Waals surface area (Å²) in [5.74, 6) is 0. The summed E-state index contributed by atoms with van der Waals surface area (Å²) in [5, 5.41) is 0. The molecule has 522 valence electrons. The minimum atomic E-state index is -0.269. The normalized spacial score (nSPS) is 15.2. The van der Waals surface area contributed by atoms with E-state index in [4.69, 9.17) is 0 Å². The first-order valence-electron chi connectivity index (χ1n) is 39.1. The molecule has 16 aromatic carbocycles. The Morgan fingerprint density at radius 1 is 0.165 bits per heavy atom. The monoisotopic (exact) mass is 1390 g/mol. The molecule has 0 bridgehead atoms. The van der Waals surface area contributed by atoms with Crippen molar-refractivity contribution in [3.8, 4) is 66.8 Å². The highest BCUT2D eigenvalue weighted by atomic mass is 14.5. The van der Waals surface area contributed by atoms with Gasteiger partial charge >= 0.3 is 0 Å². The molecule has 1 fully saturated rings. The number of rotatable bonds is 4. The van der Waals surface area contributed by atoms with Gasteiger partial charge in [-0.3, -0.25) is 0 Å². The zero-order chi connectivity index (χ0) is 73.3. The number of hydrogen-bond donors (Lipinski definition) is 0. The molecule has 109 heavy (non-hydrogen) atoms. The lowest BCUT2D eigenvalue weighted by atomic mass is 9.67. The van der Waals surface area contributed by atoms with Crippen molar-refractivity contribution in [2.45, 2.75) is 80.5 Å². The van der Waals surface area contributed by atoms with Gasteiger partial charge in [0.25, 0.3) is 0 Å². The zero-order valence-electron chi connectivity index (χ0n) is 62.4. The molecular weight excluding hydrogens is 1310 g/mol. The van der Waals surface area contributed by atoms with E-state index in [1.807, 2.05) is 0 Å². The van der Waals surface area contributed by atoms with Crippen molar-refractivity contribution in [3.63, 3.8) is 0 Å². The molecule has 0 N–H and O–H groups in total. The Balaban J connectivity index is 0.0000000939. The van der Waals surface area contributed by atoms with Gasteiger partial charge in [-0.2, -0.15) is 0 Å². The fraction of sp³-hybridized carbons (Fsp3) is 0.119. The highest BCUT2D eigenvalue weighted by Crippen LogP contribution is 2.64. The minimum absolute atomic E-state index is 0.160. The van der Waals surface area contributed by atoms with Crippen LogP contribution in [0.5, 0.6) is 0 Å². The van der Waals surface area contributed by atoms with Crippen molar-refractivity contribution in [2.24, 2.45) is 0 Å². The maximum Gasteiger partial charge on any atom is 0.0725 e. The smallest absolute Gasteiger partial charge is 0.0622 e. The predicted molar refractivity (Wildman–Crippen MR) is 455 cm³/mol. The molecule has 0 amide bonds. The first-order chi connectivity index (χ1) is 53.7. The number of aryl methyl sites for hydroxylation is 2. The Morgan fingerprint density at radius 3 is 0.587 bits per heavy atom. The van der Waals surface area contributed by atoms with Crippen LogP contribution < -0.4 is 0 Å². The molecule has 0 radical (unpaired) electrons. The summed E-state index contributed by atoms with van der Waals surface area (Å²) in [6, 6.07) is 146. The lowest BCUT2D eigenvalue weighted by molar-refractivity contribution is 0.550. The van der Waals surface area contributed by atoms with Crippen LogP contribution in [-0.2, 0) is 27.1 Å². The van der Waals surface area contributed by atoms with E-state index in [1.165, 1.54) is 181 Å². The van der Waals surface area contributed by atoms with Gasteiger partial charge in [0, 0.05) is 10.8 Å². The summed E-state index contributed by atoms with van der Waals surface area (Å²) in [5.41, 5.74) is 41.5. The minimum Gasteiger partial charge on any atom is -0.0622 e. The SMILES string of the molecule is CC1(C)c2ccccc2-c2ccccc21.Cc1ccc(C2(c3ccc(C)cc3)c3ccccc3-c3ccccc32)cc1.c1ccc(C2(c3ccccc3)c3ccccc3-c3ccccc32)cc1.c1ccc2c(c1)-c1ccccc1C21CCCC1.c1ccc2c(c1)-c1ccccc1C21c2ccccc2-c2ccccc21. The van der Waals surface area contributed by atoms with Crippen LogP contribution in [0.3, 0.4) is 0 Å². The zero-order valence-corrected chi connectivity index (χ0v) is 62.4. The molecule has 7 aliphatic rings. The van der Waals surface area contributed by atoms with Crippen molar-refractivity contribution >= 4 is 0 Å². The topological polar surface area (TPSA) is 0 Å². The average Bonchev–Trinajstić information content (AvgIpc) is 1.52. The number of fused-ring (bicyclic) bond motifs is 24.